The lowest BCUT2D eigenvalue weighted by atomic mass is 10.1. The van der Waals surface area contributed by atoms with Gasteiger partial charge in [-0.25, -0.2) is 0 Å². The standard InChI is InChI=1S/C12H11NO2S/c14-9-1-2-10-11(6-15-12(10)5-9)13-8-3-4-16-7-8/h1-5,7,11,13-14H,6H2. The van der Waals surface area contributed by atoms with Crippen LogP contribution in [0.4, 0.5) is 5.69 Å². The van der Waals surface area contributed by atoms with Crippen LogP contribution in [0.15, 0.2) is 35.0 Å². The van der Waals surface area contributed by atoms with Gasteiger partial charge in [-0.15, -0.1) is 0 Å². The van der Waals surface area contributed by atoms with Crippen molar-refractivity contribution in [2.75, 3.05) is 11.9 Å². The second kappa shape index (κ2) is 3.72. The third-order valence-electron chi connectivity index (χ3n) is 2.64. The molecule has 0 bridgehead atoms. The summed E-state index contributed by atoms with van der Waals surface area (Å²) >= 11 is 1.66. The van der Waals surface area contributed by atoms with Gasteiger partial charge in [-0.05, 0) is 23.6 Å². The first-order valence-corrected chi connectivity index (χ1v) is 6.01. The third kappa shape index (κ3) is 1.61. The van der Waals surface area contributed by atoms with E-state index in [4.69, 9.17) is 4.74 Å². The topological polar surface area (TPSA) is 41.5 Å². The minimum absolute atomic E-state index is 0.171. The Bertz CT molecular complexity index is 496. The highest BCUT2D eigenvalue weighted by atomic mass is 32.1. The van der Waals surface area contributed by atoms with Gasteiger partial charge < -0.3 is 15.2 Å². The normalized spacial score (nSPS) is 17.9. The fourth-order valence-corrected chi connectivity index (χ4v) is 2.46. The average molecular weight is 233 g/mol. The Morgan fingerprint density at radius 2 is 2.31 bits per heavy atom. The molecule has 1 aliphatic rings. The number of fused-ring (bicyclic) bond motifs is 1. The highest BCUT2D eigenvalue weighted by Crippen LogP contribution is 2.36. The second-order valence-electron chi connectivity index (χ2n) is 3.74. The van der Waals surface area contributed by atoms with Crippen LogP contribution in [-0.2, 0) is 0 Å². The summed E-state index contributed by atoms with van der Waals surface area (Å²) in [7, 11) is 0. The number of hydrogen-bond donors (Lipinski definition) is 2. The van der Waals surface area contributed by atoms with Gasteiger partial charge in [-0.3, -0.25) is 0 Å². The average Bonchev–Trinajstić information content (AvgIpc) is 2.89. The van der Waals surface area contributed by atoms with Crippen LogP contribution < -0.4 is 10.1 Å². The number of hydrogen-bond acceptors (Lipinski definition) is 4. The lowest BCUT2D eigenvalue weighted by Gasteiger charge is -2.11. The Morgan fingerprint density at radius 3 is 3.12 bits per heavy atom. The van der Waals surface area contributed by atoms with E-state index in [1.807, 2.05) is 17.5 Å². The summed E-state index contributed by atoms with van der Waals surface area (Å²) in [6, 6.07) is 7.47. The van der Waals surface area contributed by atoms with Gasteiger partial charge in [-0.2, -0.15) is 11.3 Å². The van der Waals surface area contributed by atoms with Gasteiger partial charge in [0, 0.05) is 22.7 Å². The molecule has 0 saturated heterocycles. The summed E-state index contributed by atoms with van der Waals surface area (Å²) < 4.78 is 5.52. The highest BCUT2D eigenvalue weighted by Gasteiger charge is 2.24. The van der Waals surface area contributed by atoms with Gasteiger partial charge in [0.25, 0.3) is 0 Å². The zero-order valence-corrected chi connectivity index (χ0v) is 9.33. The van der Waals surface area contributed by atoms with E-state index < -0.39 is 0 Å². The number of ether oxygens (including phenoxy) is 1. The van der Waals surface area contributed by atoms with Gasteiger partial charge in [0.2, 0.25) is 0 Å². The van der Waals surface area contributed by atoms with Crippen LogP contribution in [0.25, 0.3) is 0 Å². The maximum Gasteiger partial charge on any atom is 0.128 e. The number of benzene rings is 1. The zero-order valence-electron chi connectivity index (χ0n) is 8.51. The first kappa shape index (κ1) is 9.54. The summed E-state index contributed by atoms with van der Waals surface area (Å²) in [6.45, 7) is 0.606. The number of anilines is 1. The Labute approximate surface area is 97.3 Å². The van der Waals surface area contributed by atoms with E-state index in [1.165, 1.54) is 0 Å². The van der Waals surface area contributed by atoms with Gasteiger partial charge in [0.1, 0.15) is 18.1 Å². The smallest absolute Gasteiger partial charge is 0.128 e. The highest BCUT2D eigenvalue weighted by molar-refractivity contribution is 7.08. The van der Waals surface area contributed by atoms with Crippen LogP contribution in [0.1, 0.15) is 11.6 Å². The Hall–Kier alpha value is -1.68. The molecule has 3 nitrogen and oxygen atoms in total. The molecule has 1 aliphatic heterocycles. The van der Waals surface area contributed by atoms with Crippen molar-refractivity contribution in [3.05, 3.63) is 40.6 Å². The molecule has 0 aliphatic carbocycles. The molecule has 0 spiro atoms. The van der Waals surface area contributed by atoms with Crippen molar-refractivity contribution in [1.82, 2.24) is 0 Å². The van der Waals surface area contributed by atoms with E-state index in [2.05, 4.69) is 10.7 Å². The van der Waals surface area contributed by atoms with Crippen molar-refractivity contribution < 1.29 is 9.84 Å². The molecular weight excluding hydrogens is 222 g/mol. The molecule has 0 radical (unpaired) electrons. The van der Waals surface area contributed by atoms with Crippen LogP contribution in [0, 0.1) is 0 Å². The van der Waals surface area contributed by atoms with Crippen LogP contribution >= 0.6 is 11.3 Å². The molecule has 2 N–H and O–H groups in total. The van der Waals surface area contributed by atoms with E-state index in [-0.39, 0.29) is 11.8 Å². The molecule has 0 amide bonds. The largest absolute Gasteiger partial charge is 0.508 e. The molecule has 2 aromatic rings. The molecule has 1 atom stereocenters. The van der Waals surface area contributed by atoms with E-state index in [9.17, 15) is 5.11 Å². The monoisotopic (exact) mass is 233 g/mol. The molecule has 82 valence electrons. The number of phenols is 1. The van der Waals surface area contributed by atoms with Crippen LogP contribution in [0.3, 0.4) is 0 Å². The summed E-state index contributed by atoms with van der Waals surface area (Å²) in [5.74, 6) is 1.02. The number of phenolic OH excluding ortho intramolecular Hbond substituents is 1. The minimum atomic E-state index is 0.171. The predicted molar refractivity (Wildman–Crippen MR) is 64.3 cm³/mol. The first-order chi connectivity index (χ1) is 7.83. The Kier molecular flexibility index (Phi) is 2.22. The summed E-state index contributed by atoms with van der Waals surface area (Å²) in [4.78, 5) is 0. The van der Waals surface area contributed by atoms with E-state index >= 15 is 0 Å². The number of nitrogens with one attached hydrogen (secondary N) is 1. The summed E-state index contributed by atoms with van der Waals surface area (Å²) in [5, 5.41) is 16.8. The summed E-state index contributed by atoms with van der Waals surface area (Å²) in [6.07, 6.45) is 0. The van der Waals surface area contributed by atoms with Crippen molar-refractivity contribution in [2.24, 2.45) is 0 Å². The molecule has 16 heavy (non-hydrogen) atoms. The molecule has 0 fully saturated rings. The van der Waals surface area contributed by atoms with Gasteiger partial charge in [0.15, 0.2) is 0 Å². The first-order valence-electron chi connectivity index (χ1n) is 5.07. The molecule has 3 rings (SSSR count). The van der Waals surface area contributed by atoms with E-state index in [0.717, 1.165) is 17.0 Å². The van der Waals surface area contributed by atoms with Crippen molar-refractivity contribution in [3.8, 4) is 11.5 Å². The molecule has 1 aromatic carbocycles. The van der Waals surface area contributed by atoms with Gasteiger partial charge in [0.05, 0.1) is 6.04 Å². The summed E-state index contributed by atoms with van der Waals surface area (Å²) in [5.41, 5.74) is 2.21. The van der Waals surface area contributed by atoms with Crippen LogP contribution in [0.5, 0.6) is 11.5 Å². The fraction of sp³-hybridized carbons (Fsp3) is 0.167. The maximum absolute atomic E-state index is 9.34. The molecule has 2 heterocycles. The second-order valence-corrected chi connectivity index (χ2v) is 4.52. The lowest BCUT2D eigenvalue weighted by molar-refractivity contribution is 0.338. The van der Waals surface area contributed by atoms with Crippen LogP contribution in [-0.4, -0.2) is 11.7 Å². The number of thiophene rings is 1. The van der Waals surface area contributed by atoms with Crippen molar-refractivity contribution in [3.63, 3.8) is 0 Å². The van der Waals surface area contributed by atoms with Gasteiger partial charge >= 0.3 is 0 Å². The SMILES string of the molecule is Oc1ccc2c(c1)OCC2Nc1ccsc1. The Morgan fingerprint density at radius 1 is 1.38 bits per heavy atom. The molecule has 4 heteroatoms. The number of rotatable bonds is 2. The van der Waals surface area contributed by atoms with Crippen molar-refractivity contribution in [1.29, 1.82) is 0 Å². The van der Waals surface area contributed by atoms with Gasteiger partial charge in [-0.1, -0.05) is 0 Å². The molecule has 1 unspecified atom stereocenters. The molecule has 1 aromatic heterocycles. The zero-order chi connectivity index (χ0) is 11.0. The third-order valence-corrected chi connectivity index (χ3v) is 3.32. The van der Waals surface area contributed by atoms with E-state index in [1.54, 1.807) is 23.5 Å². The fourth-order valence-electron chi connectivity index (χ4n) is 1.87. The van der Waals surface area contributed by atoms with E-state index in [0.29, 0.717) is 6.61 Å². The molecular formula is C12H11NO2S. The Balaban J connectivity index is 1.86. The van der Waals surface area contributed by atoms with Crippen molar-refractivity contribution >= 4 is 17.0 Å². The quantitative estimate of drug-likeness (QED) is 0.837. The predicted octanol–water partition coefficient (Wildman–Crippen LogP) is 3.00. The molecule has 0 saturated carbocycles. The van der Waals surface area contributed by atoms with Crippen molar-refractivity contribution in [2.45, 2.75) is 6.04 Å². The lowest BCUT2D eigenvalue weighted by Crippen LogP contribution is -2.11. The minimum Gasteiger partial charge on any atom is -0.508 e. The van der Waals surface area contributed by atoms with Crippen LogP contribution in [0.2, 0.25) is 0 Å². The maximum atomic E-state index is 9.34. The number of aromatic hydroxyl groups is 1.